The molecule has 0 saturated carbocycles. The molecule has 0 N–H and O–H groups in total. The highest BCUT2D eigenvalue weighted by Crippen LogP contribution is 2.11. The second-order valence-corrected chi connectivity index (χ2v) is 2.11. The Hall–Kier alpha value is -0.345. The van der Waals surface area contributed by atoms with E-state index in [0.29, 0.717) is 13.2 Å². The first-order chi connectivity index (χ1) is 4.34. The summed E-state index contributed by atoms with van der Waals surface area (Å²) in [6, 6.07) is 0. The summed E-state index contributed by atoms with van der Waals surface area (Å²) >= 11 is 0. The summed E-state index contributed by atoms with van der Waals surface area (Å²) in [5.74, 6) is -0.132. The number of hydrogen-bond donors (Lipinski definition) is 0. The van der Waals surface area contributed by atoms with Crippen molar-refractivity contribution in [2.45, 2.75) is 12.7 Å². The summed E-state index contributed by atoms with van der Waals surface area (Å²) < 4.78 is 10.1. The van der Waals surface area contributed by atoms with E-state index in [0.717, 1.165) is 6.29 Å². The van der Waals surface area contributed by atoms with Crippen LogP contribution in [0.2, 0.25) is 5.82 Å². The van der Waals surface area contributed by atoms with E-state index in [1.54, 1.807) is 6.92 Å². The van der Waals surface area contributed by atoms with Gasteiger partial charge >= 0.3 is 7.12 Å². The highest BCUT2D eigenvalue weighted by molar-refractivity contribution is 6.50. The molecule has 50 valence electrons. The van der Waals surface area contributed by atoms with Gasteiger partial charge in [-0.05, 0) is 0 Å². The second kappa shape index (κ2) is 2.99. The average Bonchev–Trinajstić information content (AvgIpc) is 2.37. The number of carbonyl (C=O) groups excluding carboxylic acids is 1. The maximum absolute atomic E-state index is 10.1. The van der Waals surface area contributed by atoms with Crippen LogP contribution in [0.1, 0.15) is 6.92 Å². The van der Waals surface area contributed by atoms with Crippen LogP contribution < -0.4 is 0 Å². The van der Waals surface area contributed by atoms with Crippen molar-refractivity contribution in [1.29, 1.82) is 0 Å². The zero-order valence-corrected chi connectivity index (χ0v) is 5.37. The standard InChI is InChI=1S/C5H9BO3/c1-5(4-7)6-8-2-3-9-6/h4-5H,2-3H2,1H3. The van der Waals surface area contributed by atoms with E-state index in [4.69, 9.17) is 9.31 Å². The molecule has 1 fully saturated rings. The summed E-state index contributed by atoms with van der Waals surface area (Å²) in [6.45, 7) is 3.01. The van der Waals surface area contributed by atoms with Gasteiger partial charge in [0.1, 0.15) is 6.29 Å². The van der Waals surface area contributed by atoms with E-state index >= 15 is 0 Å². The first-order valence-corrected chi connectivity index (χ1v) is 3.03. The molecule has 0 radical (unpaired) electrons. The van der Waals surface area contributed by atoms with Crippen LogP contribution in [0.4, 0.5) is 0 Å². The summed E-state index contributed by atoms with van der Waals surface area (Å²) in [6.07, 6.45) is 0.843. The number of rotatable bonds is 2. The van der Waals surface area contributed by atoms with E-state index in [2.05, 4.69) is 0 Å². The Morgan fingerprint density at radius 1 is 1.56 bits per heavy atom. The molecule has 1 rings (SSSR count). The molecule has 0 spiro atoms. The minimum absolute atomic E-state index is 0.132. The molecular weight excluding hydrogens is 119 g/mol. The fraction of sp³-hybridized carbons (Fsp3) is 0.800. The predicted octanol–water partition coefficient (Wildman–Crippen LogP) is 0.110. The lowest BCUT2D eigenvalue weighted by Crippen LogP contribution is -2.20. The van der Waals surface area contributed by atoms with Gasteiger partial charge in [-0.1, -0.05) is 6.92 Å². The number of carbonyl (C=O) groups is 1. The molecule has 1 unspecified atom stereocenters. The van der Waals surface area contributed by atoms with Crippen LogP contribution in [-0.2, 0) is 14.1 Å². The van der Waals surface area contributed by atoms with Gasteiger partial charge in [-0.2, -0.15) is 0 Å². The molecule has 1 aliphatic rings. The largest absolute Gasteiger partial charge is 0.467 e. The SMILES string of the molecule is CC(C=O)B1OCCO1. The third-order valence-electron chi connectivity index (χ3n) is 1.29. The van der Waals surface area contributed by atoms with Crippen molar-refractivity contribution in [1.82, 2.24) is 0 Å². The number of hydrogen-bond acceptors (Lipinski definition) is 3. The topological polar surface area (TPSA) is 35.5 Å². The second-order valence-electron chi connectivity index (χ2n) is 2.11. The Balaban J connectivity index is 2.32. The monoisotopic (exact) mass is 128 g/mol. The van der Waals surface area contributed by atoms with Crippen LogP contribution in [0.5, 0.6) is 0 Å². The van der Waals surface area contributed by atoms with Gasteiger partial charge in [0, 0.05) is 5.82 Å². The predicted molar refractivity (Wildman–Crippen MR) is 33.1 cm³/mol. The Morgan fingerprint density at radius 2 is 2.11 bits per heavy atom. The third-order valence-corrected chi connectivity index (χ3v) is 1.29. The molecule has 0 bridgehead atoms. The van der Waals surface area contributed by atoms with Crippen LogP contribution in [0.25, 0.3) is 0 Å². The first kappa shape index (κ1) is 6.77. The highest BCUT2D eigenvalue weighted by Gasteiger charge is 2.29. The molecule has 1 saturated heterocycles. The zero-order valence-electron chi connectivity index (χ0n) is 5.37. The Morgan fingerprint density at radius 3 is 2.56 bits per heavy atom. The molecule has 4 heteroatoms. The Kier molecular flexibility index (Phi) is 2.25. The van der Waals surface area contributed by atoms with Gasteiger partial charge < -0.3 is 14.1 Å². The molecule has 1 heterocycles. The van der Waals surface area contributed by atoms with Gasteiger partial charge in [-0.25, -0.2) is 0 Å². The summed E-state index contributed by atoms with van der Waals surface area (Å²) in [7, 11) is -0.289. The van der Waals surface area contributed by atoms with Gasteiger partial charge in [0.15, 0.2) is 0 Å². The lowest BCUT2D eigenvalue weighted by molar-refractivity contribution is -0.107. The molecule has 0 aliphatic carbocycles. The minimum Gasteiger partial charge on any atom is -0.408 e. The molecule has 0 aromatic carbocycles. The van der Waals surface area contributed by atoms with Crippen LogP contribution in [0, 0.1) is 0 Å². The number of aldehydes is 1. The molecule has 0 amide bonds. The van der Waals surface area contributed by atoms with Crippen molar-refractivity contribution in [2.75, 3.05) is 13.2 Å². The fourth-order valence-electron chi connectivity index (χ4n) is 0.744. The summed E-state index contributed by atoms with van der Waals surface area (Å²) in [5, 5.41) is 0. The van der Waals surface area contributed by atoms with Crippen molar-refractivity contribution in [3.63, 3.8) is 0 Å². The molecule has 9 heavy (non-hydrogen) atoms. The van der Waals surface area contributed by atoms with Crippen molar-refractivity contribution >= 4 is 13.4 Å². The Labute approximate surface area is 54.5 Å². The van der Waals surface area contributed by atoms with Gasteiger partial charge in [0.05, 0.1) is 13.2 Å². The van der Waals surface area contributed by atoms with Crippen molar-refractivity contribution in [2.24, 2.45) is 0 Å². The smallest absolute Gasteiger partial charge is 0.408 e. The van der Waals surface area contributed by atoms with Gasteiger partial charge in [-0.3, -0.25) is 0 Å². The lowest BCUT2D eigenvalue weighted by atomic mass is 9.75. The molecule has 1 aliphatic heterocycles. The lowest BCUT2D eigenvalue weighted by Gasteiger charge is -2.03. The normalized spacial score (nSPS) is 22.1. The van der Waals surface area contributed by atoms with E-state index < -0.39 is 0 Å². The fourth-order valence-corrected chi connectivity index (χ4v) is 0.744. The van der Waals surface area contributed by atoms with Crippen LogP contribution in [-0.4, -0.2) is 26.6 Å². The molecular formula is C5H9BO3. The average molecular weight is 128 g/mol. The van der Waals surface area contributed by atoms with Crippen LogP contribution in [0.15, 0.2) is 0 Å². The molecule has 0 aromatic rings. The van der Waals surface area contributed by atoms with Gasteiger partial charge in [0.2, 0.25) is 0 Å². The van der Waals surface area contributed by atoms with Crippen LogP contribution in [0.3, 0.4) is 0 Å². The van der Waals surface area contributed by atoms with E-state index in [1.807, 2.05) is 0 Å². The third kappa shape index (κ3) is 1.53. The van der Waals surface area contributed by atoms with Crippen LogP contribution >= 0.6 is 0 Å². The van der Waals surface area contributed by atoms with Crippen molar-refractivity contribution in [3.05, 3.63) is 0 Å². The van der Waals surface area contributed by atoms with E-state index in [-0.39, 0.29) is 12.9 Å². The molecule has 3 nitrogen and oxygen atoms in total. The van der Waals surface area contributed by atoms with Crippen molar-refractivity contribution < 1.29 is 14.1 Å². The van der Waals surface area contributed by atoms with Gasteiger partial charge in [0.25, 0.3) is 0 Å². The summed E-state index contributed by atoms with van der Waals surface area (Å²) in [4.78, 5) is 10.1. The minimum atomic E-state index is -0.289. The van der Waals surface area contributed by atoms with E-state index in [9.17, 15) is 4.79 Å². The zero-order chi connectivity index (χ0) is 6.69. The Bertz CT molecular complexity index is 100. The summed E-state index contributed by atoms with van der Waals surface area (Å²) in [5.41, 5.74) is 0. The maximum atomic E-state index is 10.1. The quantitative estimate of drug-likeness (QED) is 0.391. The van der Waals surface area contributed by atoms with Gasteiger partial charge in [-0.15, -0.1) is 0 Å². The highest BCUT2D eigenvalue weighted by atomic mass is 16.6. The maximum Gasteiger partial charge on any atom is 0.467 e. The molecule has 1 atom stereocenters. The van der Waals surface area contributed by atoms with E-state index in [1.165, 1.54) is 0 Å². The van der Waals surface area contributed by atoms with Crippen molar-refractivity contribution in [3.8, 4) is 0 Å². The first-order valence-electron chi connectivity index (χ1n) is 3.03. The molecule has 0 aromatic heterocycles.